The lowest BCUT2D eigenvalue weighted by atomic mass is 9.85. The summed E-state index contributed by atoms with van der Waals surface area (Å²) in [5.41, 5.74) is -0.638. The van der Waals surface area contributed by atoms with Crippen LogP contribution < -0.4 is 0 Å². The van der Waals surface area contributed by atoms with E-state index in [1.54, 1.807) is 0 Å². The van der Waals surface area contributed by atoms with Crippen molar-refractivity contribution in [2.45, 2.75) is 96.5 Å². The SMILES string of the molecule is CC(C)(CC1CCCCCCCCCCC1)OOOC(=O)C(=O)O. The monoisotopic (exact) mass is 344 g/mol. The zero-order valence-corrected chi connectivity index (χ0v) is 15.1. The maximum Gasteiger partial charge on any atom is 0.452 e. The van der Waals surface area contributed by atoms with Crippen LogP contribution in [0.3, 0.4) is 0 Å². The van der Waals surface area contributed by atoms with Crippen LogP contribution in [0, 0.1) is 5.92 Å². The van der Waals surface area contributed by atoms with E-state index < -0.39 is 17.5 Å². The first-order valence-corrected chi connectivity index (χ1v) is 9.20. The van der Waals surface area contributed by atoms with Crippen molar-refractivity contribution < 1.29 is 29.5 Å². The summed E-state index contributed by atoms with van der Waals surface area (Å²) in [5.74, 6) is -2.66. The zero-order chi connectivity index (χ0) is 17.8. The van der Waals surface area contributed by atoms with Crippen LogP contribution in [0.4, 0.5) is 0 Å². The zero-order valence-electron chi connectivity index (χ0n) is 15.1. The van der Waals surface area contributed by atoms with Gasteiger partial charge in [-0.05, 0) is 31.2 Å². The number of carbonyl (C=O) groups is 2. The van der Waals surface area contributed by atoms with Crippen molar-refractivity contribution in [1.29, 1.82) is 0 Å². The lowest BCUT2D eigenvalue weighted by molar-refractivity contribution is -0.516. The normalized spacial score (nSPS) is 19.1. The first-order chi connectivity index (χ1) is 11.4. The van der Waals surface area contributed by atoms with Crippen molar-refractivity contribution >= 4 is 11.9 Å². The average Bonchev–Trinajstić information content (AvgIpc) is 2.49. The van der Waals surface area contributed by atoms with Crippen molar-refractivity contribution in [3.05, 3.63) is 0 Å². The lowest BCUT2D eigenvalue weighted by Crippen LogP contribution is -2.29. The first-order valence-electron chi connectivity index (χ1n) is 9.20. The highest BCUT2D eigenvalue weighted by molar-refractivity contribution is 6.28. The van der Waals surface area contributed by atoms with Gasteiger partial charge in [-0.25, -0.2) is 9.59 Å². The second kappa shape index (κ2) is 11.4. The maximum atomic E-state index is 10.8. The van der Waals surface area contributed by atoms with Crippen LogP contribution in [-0.2, 0) is 24.4 Å². The molecule has 0 heterocycles. The molecule has 1 rings (SSSR count). The van der Waals surface area contributed by atoms with E-state index in [-0.39, 0.29) is 0 Å². The Bertz CT molecular complexity index is 368. The second-order valence-corrected chi connectivity index (χ2v) is 7.42. The molecule has 6 nitrogen and oxygen atoms in total. The van der Waals surface area contributed by atoms with Crippen LogP contribution in [-0.4, -0.2) is 22.6 Å². The number of aliphatic carboxylic acids is 1. The van der Waals surface area contributed by atoms with Crippen molar-refractivity contribution in [3.63, 3.8) is 0 Å². The van der Waals surface area contributed by atoms with Crippen molar-refractivity contribution in [2.75, 3.05) is 0 Å². The number of hydrogen-bond acceptors (Lipinski definition) is 5. The molecule has 0 aromatic rings. The largest absolute Gasteiger partial charge is 0.473 e. The fraction of sp³-hybridized carbons (Fsp3) is 0.889. The summed E-state index contributed by atoms with van der Waals surface area (Å²) in [6.07, 6.45) is 14.9. The van der Waals surface area contributed by atoms with Gasteiger partial charge in [0.15, 0.2) is 0 Å². The number of carbonyl (C=O) groups excluding carboxylic acids is 1. The number of hydrogen-bond donors (Lipinski definition) is 1. The smallest absolute Gasteiger partial charge is 0.452 e. The molecule has 1 N–H and O–H groups in total. The molecule has 1 aliphatic carbocycles. The standard InChI is InChI=1S/C18H32O6/c1-18(2,23-24-22-17(21)16(19)20)14-15-12-10-8-6-4-3-5-7-9-11-13-15/h15H,3-14H2,1-2H3,(H,19,20). The predicted molar refractivity (Wildman–Crippen MR) is 88.9 cm³/mol. The van der Waals surface area contributed by atoms with Crippen LogP contribution in [0.15, 0.2) is 0 Å². The topological polar surface area (TPSA) is 82.1 Å². The third kappa shape index (κ3) is 9.88. The van der Waals surface area contributed by atoms with E-state index in [1.807, 2.05) is 13.8 Å². The van der Waals surface area contributed by atoms with E-state index in [1.165, 1.54) is 70.6 Å². The van der Waals surface area contributed by atoms with Crippen molar-refractivity contribution in [3.8, 4) is 0 Å². The van der Waals surface area contributed by atoms with Gasteiger partial charge in [-0.1, -0.05) is 70.6 Å². The molecule has 0 atom stereocenters. The lowest BCUT2D eigenvalue weighted by Gasteiger charge is -2.28. The summed E-state index contributed by atoms with van der Waals surface area (Å²) >= 11 is 0. The summed E-state index contributed by atoms with van der Waals surface area (Å²) < 4.78 is 0. The molecule has 0 saturated heterocycles. The highest BCUT2D eigenvalue weighted by Crippen LogP contribution is 2.29. The summed E-state index contributed by atoms with van der Waals surface area (Å²) in [7, 11) is 0. The van der Waals surface area contributed by atoms with Gasteiger partial charge in [0.1, 0.15) is 5.60 Å². The van der Waals surface area contributed by atoms with E-state index in [0.29, 0.717) is 5.92 Å². The maximum absolute atomic E-state index is 10.8. The Labute approximate surface area is 144 Å². The fourth-order valence-electron chi connectivity index (χ4n) is 3.36. The van der Waals surface area contributed by atoms with Gasteiger partial charge in [0.25, 0.3) is 0 Å². The minimum absolute atomic E-state index is 0.540. The van der Waals surface area contributed by atoms with Crippen LogP contribution in [0.1, 0.15) is 90.9 Å². The van der Waals surface area contributed by atoms with Gasteiger partial charge >= 0.3 is 11.9 Å². The minimum Gasteiger partial charge on any atom is -0.473 e. The average molecular weight is 344 g/mol. The molecule has 0 unspecified atom stereocenters. The van der Waals surface area contributed by atoms with E-state index in [0.717, 1.165) is 6.42 Å². The van der Waals surface area contributed by atoms with E-state index in [4.69, 9.17) is 9.99 Å². The van der Waals surface area contributed by atoms with Gasteiger partial charge in [0.05, 0.1) is 0 Å². The van der Waals surface area contributed by atoms with E-state index >= 15 is 0 Å². The highest BCUT2D eigenvalue weighted by atomic mass is 17.5. The van der Waals surface area contributed by atoms with Gasteiger partial charge < -0.3 is 5.11 Å². The van der Waals surface area contributed by atoms with Gasteiger partial charge in [-0.15, -0.1) is 0 Å². The van der Waals surface area contributed by atoms with Gasteiger partial charge in [-0.3, -0.25) is 4.89 Å². The molecule has 0 aromatic carbocycles. The number of rotatable bonds is 5. The molecule has 0 spiro atoms. The van der Waals surface area contributed by atoms with Gasteiger partial charge in [-0.2, -0.15) is 4.89 Å². The quantitative estimate of drug-likeness (QED) is 0.447. The highest BCUT2D eigenvalue weighted by Gasteiger charge is 2.27. The van der Waals surface area contributed by atoms with Crippen molar-refractivity contribution in [2.24, 2.45) is 5.92 Å². The molecular weight excluding hydrogens is 312 g/mol. The van der Waals surface area contributed by atoms with Crippen molar-refractivity contribution in [1.82, 2.24) is 0 Å². The first kappa shape index (κ1) is 20.9. The summed E-state index contributed by atoms with van der Waals surface area (Å²) in [5, 5.41) is 12.8. The van der Waals surface area contributed by atoms with Crippen LogP contribution >= 0.6 is 0 Å². The molecular formula is C18H32O6. The third-order valence-electron chi connectivity index (χ3n) is 4.55. The van der Waals surface area contributed by atoms with E-state index in [2.05, 4.69) is 9.93 Å². The Morgan fingerprint density at radius 2 is 1.38 bits per heavy atom. The molecule has 0 bridgehead atoms. The Morgan fingerprint density at radius 3 is 1.83 bits per heavy atom. The predicted octanol–water partition coefficient (Wildman–Crippen LogP) is 4.57. The molecule has 1 saturated carbocycles. The minimum atomic E-state index is -1.71. The Kier molecular flexibility index (Phi) is 9.95. The molecule has 140 valence electrons. The molecule has 0 aromatic heterocycles. The Hall–Kier alpha value is -1.14. The Balaban J connectivity index is 2.39. The summed E-state index contributed by atoms with van der Waals surface area (Å²) in [4.78, 5) is 30.4. The Morgan fingerprint density at radius 1 is 0.917 bits per heavy atom. The van der Waals surface area contributed by atoms with Crippen LogP contribution in [0.25, 0.3) is 0 Å². The van der Waals surface area contributed by atoms with Crippen LogP contribution in [0.5, 0.6) is 0 Å². The van der Waals surface area contributed by atoms with Gasteiger partial charge in [0.2, 0.25) is 0 Å². The molecule has 6 heteroatoms. The van der Waals surface area contributed by atoms with Crippen LogP contribution in [0.2, 0.25) is 0 Å². The third-order valence-corrected chi connectivity index (χ3v) is 4.55. The molecule has 0 amide bonds. The number of carboxylic acids is 1. The molecule has 0 radical (unpaired) electrons. The second-order valence-electron chi connectivity index (χ2n) is 7.42. The molecule has 1 aliphatic rings. The summed E-state index contributed by atoms with van der Waals surface area (Å²) in [6, 6.07) is 0. The van der Waals surface area contributed by atoms with Gasteiger partial charge in [0, 0.05) is 0 Å². The molecule has 24 heavy (non-hydrogen) atoms. The fourth-order valence-corrected chi connectivity index (χ4v) is 3.36. The molecule has 0 aliphatic heterocycles. The van der Waals surface area contributed by atoms with E-state index in [9.17, 15) is 9.59 Å². The summed E-state index contributed by atoms with van der Waals surface area (Å²) in [6.45, 7) is 3.72. The molecule has 1 fully saturated rings. The number of carboxylic acid groups (broad SMARTS) is 1.